The van der Waals surface area contributed by atoms with E-state index >= 15 is 0 Å². The minimum absolute atomic E-state index is 0.0596. The Hall–Kier alpha value is -3.78. The highest BCUT2D eigenvalue weighted by atomic mass is 19.1. The van der Waals surface area contributed by atoms with Gasteiger partial charge in [-0.15, -0.1) is 5.10 Å². The summed E-state index contributed by atoms with van der Waals surface area (Å²) < 4.78 is 26.9. The Labute approximate surface area is 191 Å². The average Bonchev–Trinajstić information content (AvgIpc) is 3.29. The molecule has 8 heteroatoms. The van der Waals surface area contributed by atoms with Gasteiger partial charge in [0.2, 0.25) is 0 Å². The standard InChI is InChI=1S/C25H24FN5O2/c1-16-12-30(14-27-16)23-9-6-19(10-24(23)32-3)21-11-28-29-25-22(21)13-33-15-31(25)17(2)18-4-7-20(26)8-5-18/h4-12,14,17H,13,15H2,1-3H3. The third-order valence-electron chi connectivity index (χ3n) is 5.98. The van der Waals surface area contributed by atoms with E-state index in [0.717, 1.165) is 45.2 Å². The normalized spacial score (nSPS) is 14.1. The molecule has 2 aromatic heterocycles. The lowest BCUT2D eigenvalue weighted by Crippen LogP contribution is -2.34. The number of methoxy groups -OCH3 is 1. The molecule has 0 amide bonds. The van der Waals surface area contributed by atoms with Crippen molar-refractivity contribution in [2.75, 3.05) is 18.7 Å². The monoisotopic (exact) mass is 445 g/mol. The van der Waals surface area contributed by atoms with Gasteiger partial charge in [-0.05, 0) is 49.2 Å². The minimum atomic E-state index is -0.258. The molecule has 0 bridgehead atoms. The van der Waals surface area contributed by atoms with Crippen molar-refractivity contribution in [2.45, 2.75) is 26.5 Å². The van der Waals surface area contributed by atoms with Crippen LogP contribution in [0.15, 0.2) is 61.2 Å². The number of ether oxygens (including phenoxy) is 2. The van der Waals surface area contributed by atoms with Crippen molar-refractivity contribution in [1.82, 2.24) is 19.7 Å². The predicted molar refractivity (Wildman–Crippen MR) is 123 cm³/mol. The third-order valence-corrected chi connectivity index (χ3v) is 5.98. The number of anilines is 1. The van der Waals surface area contributed by atoms with Gasteiger partial charge < -0.3 is 18.9 Å². The second-order valence-electron chi connectivity index (χ2n) is 8.04. The summed E-state index contributed by atoms with van der Waals surface area (Å²) in [7, 11) is 1.65. The number of rotatable bonds is 5. The van der Waals surface area contributed by atoms with Gasteiger partial charge in [0.25, 0.3) is 0 Å². The summed E-state index contributed by atoms with van der Waals surface area (Å²) in [5.74, 6) is 1.24. The van der Waals surface area contributed by atoms with E-state index in [1.165, 1.54) is 12.1 Å². The molecule has 1 aliphatic rings. The first-order valence-electron chi connectivity index (χ1n) is 10.7. The molecule has 1 unspecified atom stereocenters. The maximum atomic E-state index is 13.4. The molecule has 7 nitrogen and oxygen atoms in total. The van der Waals surface area contributed by atoms with Gasteiger partial charge in [-0.1, -0.05) is 18.2 Å². The van der Waals surface area contributed by atoms with E-state index in [1.54, 1.807) is 31.8 Å². The first kappa shape index (κ1) is 21.1. The van der Waals surface area contributed by atoms with E-state index in [1.807, 2.05) is 47.7 Å². The smallest absolute Gasteiger partial charge is 0.159 e. The molecular weight excluding hydrogens is 421 g/mol. The van der Waals surface area contributed by atoms with Crippen molar-refractivity contribution in [1.29, 1.82) is 0 Å². The van der Waals surface area contributed by atoms with Gasteiger partial charge in [0.05, 0.1) is 43.7 Å². The van der Waals surface area contributed by atoms with Crippen molar-refractivity contribution < 1.29 is 13.9 Å². The zero-order valence-corrected chi connectivity index (χ0v) is 18.7. The molecule has 3 heterocycles. The first-order valence-corrected chi connectivity index (χ1v) is 10.7. The number of aryl methyl sites for hydroxylation is 1. The minimum Gasteiger partial charge on any atom is -0.495 e. The molecule has 0 fully saturated rings. The Morgan fingerprint density at radius 3 is 2.70 bits per heavy atom. The van der Waals surface area contributed by atoms with Crippen LogP contribution in [0.2, 0.25) is 0 Å². The van der Waals surface area contributed by atoms with Crippen LogP contribution < -0.4 is 9.64 Å². The van der Waals surface area contributed by atoms with Gasteiger partial charge >= 0.3 is 0 Å². The van der Waals surface area contributed by atoms with Crippen LogP contribution in [0.4, 0.5) is 10.2 Å². The lowest BCUT2D eigenvalue weighted by atomic mass is 10.00. The van der Waals surface area contributed by atoms with E-state index < -0.39 is 0 Å². The molecule has 5 rings (SSSR count). The summed E-state index contributed by atoms with van der Waals surface area (Å²) in [6, 6.07) is 12.5. The molecule has 1 aliphatic heterocycles. The van der Waals surface area contributed by atoms with E-state index in [9.17, 15) is 4.39 Å². The van der Waals surface area contributed by atoms with E-state index in [4.69, 9.17) is 9.47 Å². The fraction of sp³-hybridized carbons (Fsp3) is 0.240. The second kappa shape index (κ2) is 8.63. The van der Waals surface area contributed by atoms with Crippen LogP contribution >= 0.6 is 0 Å². The summed E-state index contributed by atoms with van der Waals surface area (Å²) in [6.07, 6.45) is 5.48. The molecule has 0 saturated heterocycles. The number of fused-ring (bicyclic) bond motifs is 1. The SMILES string of the molecule is COc1cc(-c2cnnc3c2COCN3C(C)c2ccc(F)cc2)ccc1-n1cnc(C)c1. The number of hydrogen-bond donors (Lipinski definition) is 0. The van der Waals surface area contributed by atoms with Crippen molar-refractivity contribution >= 4 is 5.82 Å². The largest absolute Gasteiger partial charge is 0.495 e. The number of aromatic nitrogens is 4. The molecule has 0 spiro atoms. The van der Waals surface area contributed by atoms with Crippen LogP contribution in [0.1, 0.15) is 29.8 Å². The van der Waals surface area contributed by atoms with Gasteiger partial charge in [-0.3, -0.25) is 0 Å². The topological polar surface area (TPSA) is 65.3 Å². The van der Waals surface area contributed by atoms with E-state index in [-0.39, 0.29) is 11.9 Å². The van der Waals surface area contributed by atoms with Gasteiger partial charge in [-0.2, -0.15) is 5.10 Å². The lowest BCUT2D eigenvalue weighted by molar-refractivity contribution is 0.103. The van der Waals surface area contributed by atoms with Gasteiger partial charge in [0.1, 0.15) is 18.3 Å². The quantitative estimate of drug-likeness (QED) is 0.438. The Bertz CT molecular complexity index is 1290. The summed E-state index contributed by atoms with van der Waals surface area (Å²) in [4.78, 5) is 6.35. The van der Waals surface area contributed by atoms with Crippen LogP contribution in [-0.4, -0.2) is 33.6 Å². The summed E-state index contributed by atoms with van der Waals surface area (Å²) >= 11 is 0. The Kier molecular flexibility index (Phi) is 5.51. The Morgan fingerprint density at radius 2 is 1.97 bits per heavy atom. The highest BCUT2D eigenvalue weighted by Gasteiger charge is 2.27. The average molecular weight is 445 g/mol. The number of benzene rings is 2. The maximum Gasteiger partial charge on any atom is 0.159 e. The number of hydrogen-bond acceptors (Lipinski definition) is 6. The zero-order valence-electron chi connectivity index (χ0n) is 18.7. The van der Waals surface area contributed by atoms with Crippen LogP contribution in [0.5, 0.6) is 5.75 Å². The Balaban J connectivity index is 1.53. The molecule has 168 valence electrons. The summed E-state index contributed by atoms with van der Waals surface area (Å²) in [6.45, 7) is 4.81. The molecule has 0 radical (unpaired) electrons. The molecule has 33 heavy (non-hydrogen) atoms. The number of nitrogens with zero attached hydrogens (tertiary/aromatic N) is 5. The van der Waals surface area contributed by atoms with Crippen molar-refractivity contribution in [3.05, 3.63) is 83.8 Å². The van der Waals surface area contributed by atoms with Crippen LogP contribution in [0.25, 0.3) is 16.8 Å². The predicted octanol–water partition coefficient (Wildman–Crippen LogP) is 4.84. The molecule has 0 saturated carbocycles. The molecule has 1 atom stereocenters. The van der Waals surface area contributed by atoms with Crippen LogP contribution in [0.3, 0.4) is 0 Å². The molecule has 4 aromatic rings. The molecule has 2 aromatic carbocycles. The van der Waals surface area contributed by atoms with Crippen LogP contribution in [-0.2, 0) is 11.3 Å². The highest BCUT2D eigenvalue weighted by molar-refractivity contribution is 5.74. The zero-order chi connectivity index (χ0) is 22.9. The fourth-order valence-corrected chi connectivity index (χ4v) is 4.16. The van der Waals surface area contributed by atoms with Gasteiger partial charge in [-0.25, -0.2) is 9.37 Å². The summed E-state index contributed by atoms with van der Waals surface area (Å²) in [5.41, 5.74) is 5.66. The van der Waals surface area contributed by atoms with Crippen molar-refractivity contribution in [2.24, 2.45) is 0 Å². The second-order valence-corrected chi connectivity index (χ2v) is 8.04. The lowest BCUT2D eigenvalue weighted by Gasteiger charge is -2.35. The maximum absolute atomic E-state index is 13.4. The number of imidazole rings is 1. The summed E-state index contributed by atoms with van der Waals surface area (Å²) in [5, 5.41) is 8.73. The molecule has 0 aliphatic carbocycles. The highest BCUT2D eigenvalue weighted by Crippen LogP contribution is 2.38. The van der Waals surface area contributed by atoms with E-state index in [2.05, 4.69) is 15.2 Å². The van der Waals surface area contributed by atoms with Crippen molar-refractivity contribution in [3.63, 3.8) is 0 Å². The number of halogens is 1. The Morgan fingerprint density at radius 1 is 1.15 bits per heavy atom. The molecular formula is C25H24FN5O2. The van der Waals surface area contributed by atoms with Gasteiger partial charge in [0.15, 0.2) is 5.82 Å². The van der Waals surface area contributed by atoms with Gasteiger partial charge in [0, 0.05) is 17.3 Å². The van der Waals surface area contributed by atoms with Crippen molar-refractivity contribution in [3.8, 4) is 22.6 Å². The first-order chi connectivity index (χ1) is 16.0. The van der Waals surface area contributed by atoms with Crippen LogP contribution in [0, 0.1) is 12.7 Å². The van der Waals surface area contributed by atoms with E-state index in [0.29, 0.717) is 13.3 Å². The fourth-order valence-electron chi connectivity index (χ4n) is 4.16. The molecule has 0 N–H and O–H groups in total. The third kappa shape index (κ3) is 3.93.